The molecule has 1 aliphatic carbocycles. The first-order valence-electron chi connectivity index (χ1n) is 7.33. The summed E-state index contributed by atoms with van der Waals surface area (Å²) in [4.78, 5) is 4.35. The molecule has 18 heavy (non-hydrogen) atoms. The van der Waals surface area contributed by atoms with Crippen molar-refractivity contribution >= 4 is 0 Å². The minimum Gasteiger partial charge on any atom is -0.310 e. The smallest absolute Gasteiger partial charge is 0.140 e. The number of rotatable bonds is 7. The molecule has 0 bridgehead atoms. The van der Waals surface area contributed by atoms with Gasteiger partial charge in [-0.3, -0.25) is 0 Å². The molecule has 0 saturated heterocycles. The van der Waals surface area contributed by atoms with Gasteiger partial charge in [0, 0.05) is 6.54 Å². The van der Waals surface area contributed by atoms with Crippen molar-refractivity contribution in [2.75, 3.05) is 6.54 Å². The van der Waals surface area contributed by atoms with Crippen LogP contribution in [0.3, 0.4) is 0 Å². The van der Waals surface area contributed by atoms with Crippen molar-refractivity contribution in [3.8, 4) is 0 Å². The zero-order valence-corrected chi connectivity index (χ0v) is 11.7. The zero-order valence-electron chi connectivity index (χ0n) is 11.7. The Kier molecular flexibility index (Phi) is 5.17. The lowest BCUT2D eigenvalue weighted by Crippen LogP contribution is -2.22. The van der Waals surface area contributed by atoms with Crippen LogP contribution in [0.4, 0.5) is 0 Å². The molecule has 0 unspecified atom stereocenters. The van der Waals surface area contributed by atoms with Gasteiger partial charge in [-0.1, -0.05) is 39.5 Å². The molecule has 0 amide bonds. The lowest BCUT2D eigenvalue weighted by Gasteiger charge is -2.11. The molecule has 0 radical (unpaired) electrons. The molecule has 0 atom stereocenters. The summed E-state index contributed by atoms with van der Waals surface area (Å²) >= 11 is 0. The Morgan fingerprint density at radius 1 is 1.39 bits per heavy atom. The van der Waals surface area contributed by atoms with Crippen molar-refractivity contribution in [3.63, 3.8) is 0 Å². The van der Waals surface area contributed by atoms with Crippen LogP contribution in [0, 0.1) is 11.8 Å². The fourth-order valence-corrected chi connectivity index (χ4v) is 2.69. The van der Waals surface area contributed by atoms with Gasteiger partial charge in [0.15, 0.2) is 0 Å². The maximum absolute atomic E-state index is 4.35. The Balaban J connectivity index is 1.75. The molecule has 1 aromatic rings. The summed E-state index contributed by atoms with van der Waals surface area (Å²) in [7, 11) is 0. The largest absolute Gasteiger partial charge is 0.310 e. The number of aryl methyl sites for hydroxylation is 1. The molecule has 2 rings (SSSR count). The highest BCUT2D eigenvalue weighted by atomic mass is 15.3. The first-order valence-corrected chi connectivity index (χ1v) is 7.33. The molecule has 102 valence electrons. The maximum Gasteiger partial charge on any atom is 0.140 e. The fraction of sp³-hybridized carbons (Fsp3) is 0.857. The van der Waals surface area contributed by atoms with Gasteiger partial charge in [0.1, 0.15) is 12.2 Å². The number of nitrogens with zero attached hydrogens (tertiary/aromatic N) is 3. The van der Waals surface area contributed by atoms with Gasteiger partial charge >= 0.3 is 0 Å². The molecular weight excluding hydrogens is 224 g/mol. The predicted octanol–water partition coefficient (Wildman–Crippen LogP) is 2.60. The molecule has 1 aliphatic rings. The van der Waals surface area contributed by atoms with E-state index in [1.54, 1.807) is 6.33 Å². The lowest BCUT2D eigenvalue weighted by molar-refractivity contribution is 0.425. The number of nitrogens with one attached hydrogen (secondary N) is 1. The van der Waals surface area contributed by atoms with Crippen LogP contribution in [0.15, 0.2) is 6.33 Å². The van der Waals surface area contributed by atoms with Gasteiger partial charge in [-0.2, -0.15) is 5.10 Å². The SMILES string of the molecule is CC(C)CNCc1ncnn1CCC1CCCC1. The number of hydrogen-bond donors (Lipinski definition) is 1. The van der Waals surface area contributed by atoms with Gasteiger partial charge in [0.2, 0.25) is 0 Å². The zero-order chi connectivity index (χ0) is 12.8. The summed E-state index contributed by atoms with van der Waals surface area (Å²) in [6.07, 6.45) is 8.61. The Labute approximate surface area is 110 Å². The van der Waals surface area contributed by atoms with E-state index >= 15 is 0 Å². The summed E-state index contributed by atoms with van der Waals surface area (Å²) in [5, 5.41) is 7.77. The second kappa shape index (κ2) is 6.88. The molecule has 1 saturated carbocycles. The van der Waals surface area contributed by atoms with Crippen LogP contribution < -0.4 is 5.32 Å². The van der Waals surface area contributed by atoms with Crippen LogP contribution in [0.25, 0.3) is 0 Å². The van der Waals surface area contributed by atoms with E-state index in [0.29, 0.717) is 5.92 Å². The van der Waals surface area contributed by atoms with E-state index in [9.17, 15) is 0 Å². The van der Waals surface area contributed by atoms with Crippen LogP contribution in [-0.4, -0.2) is 21.3 Å². The third kappa shape index (κ3) is 4.09. The second-order valence-electron chi connectivity index (χ2n) is 5.86. The Morgan fingerprint density at radius 2 is 2.17 bits per heavy atom. The number of hydrogen-bond acceptors (Lipinski definition) is 3. The average Bonchev–Trinajstić information content (AvgIpc) is 2.96. The third-order valence-electron chi connectivity index (χ3n) is 3.76. The van der Waals surface area contributed by atoms with Crippen LogP contribution >= 0.6 is 0 Å². The quantitative estimate of drug-likeness (QED) is 0.809. The van der Waals surface area contributed by atoms with Gasteiger partial charge in [0.05, 0.1) is 6.54 Å². The van der Waals surface area contributed by atoms with Gasteiger partial charge in [-0.05, 0) is 24.8 Å². The van der Waals surface area contributed by atoms with Gasteiger partial charge in [0.25, 0.3) is 0 Å². The minimum absolute atomic E-state index is 0.680. The van der Waals surface area contributed by atoms with Gasteiger partial charge in [-0.25, -0.2) is 9.67 Å². The molecule has 0 spiro atoms. The number of aromatic nitrogens is 3. The maximum atomic E-state index is 4.35. The van der Waals surface area contributed by atoms with Crippen molar-refractivity contribution in [1.82, 2.24) is 20.1 Å². The summed E-state index contributed by atoms with van der Waals surface area (Å²) in [5.74, 6) is 2.68. The molecule has 0 aliphatic heterocycles. The van der Waals surface area contributed by atoms with Crippen LogP contribution in [0.1, 0.15) is 51.8 Å². The van der Waals surface area contributed by atoms with Crippen molar-refractivity contribution < 1.29 is 0 Å². The molecule has 1 heterocycles. The summed E-state index contributed by atoms with van der Waals surface area (Å²) in [6.45, 7) is 7.34. The van der Waals surface area contributed by atoms with E-state index in [1.807, 2.05) is 0 Å². The van der Waals surface area contributed by atoms with Crippen LogP contribution in [-0.2, 0) is 13.1 Å². The molecule has 4 nitrogen and oxygen atoms in total. The fourth-order valence-electron chi connectivity index (χ4n) is 2.69. The molecule has 1 fully saturated rings. The predicted molar refractivity (Wildman–Crippen MR) is 73.1 cm³/mol. The van der Waals surface area contributed by atoms with Crippen molar-refractivity contribution in [2.45, 2.75) is 59.0 Å². The Hall–Kier alpha value is -0.900. The molecular formula is C14H26N4. The van der Waals surface area contributed by atoms with E-state index in [-0.39, 0.29) is 0 Å². The highest BCUT2D eigenvalue weighted by molar-refractivity contribution is 4.84. The highest BCUT2D eigenvalue weighted by Crippen LogP contribution is 2.27. The average molecular weight is 250 g/mol. The lowest BCUT2D eigenvalue weighted by atomic mass is 10.0. The normalized spacial score (nSPS) is 16.8. The van der Waals surface area contributed by atoms with Crippen molar-refractivity contribution in [3.05, 3.63) is 12.2 Å². The van der Waals surface area contributed by atoms with Crippen molar-refractivity contribution in [2.24, 2.45) is 11.8 Å². The Bertz CT molecular complexity index is 339. The standard InChI is InChI=1S/C14H26N4/c1-12(2)9-15-10-14-16-11-17-18(14)8-7-13-5-3-4-6-13/h11-13,15H,3-10H2,1-2H3. The van der Waals surface area contributed by atoms with Crippen LogP contribution in [0.5, 0.6) is 0 Å². The van der Waals surface area contributed by atoms with Crippen LogP contribution in [0.2, 0.25) is 0 Å². The third-order valence-corrected chi connectivity index (χ3v) is 3.76. The monoisotopic (exact) mass is 250 g/mol. The van der Waals surface area contributed by atoms with Crippen molar-refractivity contribution in [1.29, 1.82) is 0 Å². The van der Waals surface area contributed by atoms with E-state index < -0.39 is 0 Å². The van der Waals surface area contributed by atoms with E-state index in [0.717, 1.165) is 31.4 Å². The summed E-state index contributed by atoms with van der Waals surface area (Å²) < 4.78 is 2.08. The summed E-state index contributed by atoms with van der Waals surface area (Å²) in [5.41, 5.74) is 0. The highest BCUT2D eigenvalue weighted by Gasteiger charge is 2.15. The van der Waals surface area contributed by atoms with E-state index in [2.05, 4.69) is 33.9 Å². The molecule has 1 aromatic heterocycles. The first kappa shape index (κ1) is 13.5. The molecule has 1 N–H and O–H groups in total. The molecule has 4 heteroatoms. The molecule has 0 aromatic carbocycles. The topological polar surface area (TPSA) is 42.7 Å². The van der Waals surface area contributed by atoms with E-state index in [4.69, 9.17) is 0 Å². The first-order chi connectivity index (χ1) is 8.75. The van der Waals surface area contributed by atoms with Gasteiger partial charge in [-0.15, -0.1) is 0 Å². The van der Waals surface area contributed by atoms with Gasteiger partial charge < -0.3 is 5.32 Å². The second-order valence-corrected chi connectivity index (χ2v) is 5.86. The van der Waals surface area contributed by atoms with E-state index in [1.165, 1.54) is 32.1 Å². The minimum atomic E-state index is 0.680. The summed E-state index contributed by atoms with van der Waals surface area (Å²) in [6, 6.07) is 0. The Morgan fingerprint density at radius 3 is 2.89 bits per heavy atom.